The second-order valence-corrected chi connectivity index (χ2v) is 16.0. The molecule has 0 saturated heterocycles. The summed E-state index contributed by atoms with van der Waals surface area (Å²) in [6, 6.07) is 0. The van der Waals surface area contributed by atoms with Crippen LogP contribution in [0.3, 0.4) is 0 Å². The van der Waals surface area contributed by atoms with Crippen LogP contribution in [-0.4, -0.2) is 37.2 Å². The van der Waals surface area contributed by atoms with Crippen LogP contribution in [0.25, 0.3) is 0 Å². The maximum absolute atomic E-state index is 12.8. The van der Waals surface area contributed by atoms with Crippen molar-refractivity contribution in [2.24, 2.45) is 0 Å². The van der Waals surface area contributed by atoms with E-state index in [-0.39, 0.29) is 31.1 Å². The predicted octanol–water partition coefficient (Wildman–Crippen LogP) is 16.5. The van der Waals surface area contributed by atoms with Gasteiger partial charge in [0.15, 0.2) is 6.10 Å². The number of ether oxygens (including phenoxy) is 3. The van der Waals surface area contributed by atoms with Crippen LogP contribution >= 0.6 is 0 Å². The molecule has 354 valence electrons. The summed E-state index contributed by atoms with van der Waals surface area (Å²) in [5, 5.41) is 0. The van der Waals surface area contributed by atoms with Crippen LogP contribution in [0, 0.1) is 0 Å². The molecule has 0 aliphatic rings. The summed E-state index contributed by atoms with van der Waals surface area (Å²) in [5.74, 6) is -0.981. The molecular weight excluding hydrogens is 781 g/mol. The maximum Gasteiger partial charge on any atom is 0.306 e. The Morgan fingerprint density at radius 1 is 0.333 bits per heavy atom. The van der Waals surface area contributed by atoms with Gasteiger partial charge in [0.2, 0.25) is 0 Å². The number of unbranched alkanes of at least 4 members (excludes halogenated alkanes) is 14. The van der Waals surface area contributed by atoms with Crippen molar-refractivity contribution in [1.29, 1.82) is 0 Å². The first-order valence-corrected chi connectivity index (χ1v) is 25.1. The van der Waals surface area contributed by atoms with E-state index in [0.717, 1.165) is 148 Å². The average Bonchev–Trinajstić information content (AvgIpc) is 3.28. The van der Waals surface area contributed by atoms with E-state index in [9.17, 15) is 14.4 Å². The standard InChI is InChI=1S/C57H90O6/c1-4-7-10-13-16-19-22-25-27-29-32-35-38-41-44-47-50-56(59)62-53-54(52-61-55(58)49-46-43-40-37-34-31-24-21-18-15-12-9-6-3)63-57(60)51-48-45-42-39-36-33-30-28-26-23-20-17-14-11-8-5-2/h7-12,15-21,24-28,32,35,54H,4-6,13-14,22-23,29-31,33-34,36-53H2,1-3H3/b10-7-,11-8-,12-9-,18-15-,19-16-,20-17-,24-21-,27-25-,28-26-,35-32-. The molecular formula is C57H90O6. The largest absolute Gasteiger partial charge is 0.462 e. The van der Waals surface area contributed by atoms with Crippen molar-refractivity contribution >= 4 is 17.9 Å². The number of esters is 3. The highest BCUT2D eigenvalue weighted by Crippen LogP contribution is 2.13. The summed E-state index contributed by atoms with van der Waals surface area (Å²) in [4.78, 5) is 38.0. The van der Waals surface area contributed by atoms with Crippen LogP contribution in [0.1, 0.15) is 201 Å². The van der Waals surface area contributed by atoms with Crippen molar-refractivity contribution in [2.75, 3.05) is 13.2 Å². The lowest BCUT2D eigenvalue weighted by Gasteiger charge is -2.18. The third-order valence-corrected chi connectivity index (χ3v) is 10.0. The molecule has 63 heavy (non-hydrogen) atoms. The van der Waals surface area contributed by atoms with Crippen LogP contribution in [0.5, 0.6) is 0 Å². The third kappa shape index (κ3) is 48.7. The first-order valence-electron chi connectivity index (χ1n) is 25.1. The third-order valence-electron chi connectivity index (χ3n) is 10.0. The lowest BCUT2D eigenvalue weighted by Crippen LogP contribution is -2.30. The van der Waals surface area contributed by atoms with Crippen LogP contribution in [0.15, 0.2) is 122 Å². The molecule has 0 aromatic heterocycles. The second kappa shape index (κ2) is 50.5. The van der Waals surface area contributed by atoms with Crippen molar-refractivity contribution in [3.05, 3.63) is 122 Å². The normalized spacial score (nSPS) is 13.1. The van der Waals surface area contributed by atoms with Crippen molar-refractivity contribution in [2.45, 2.75) is 207 Å². The van der Waals surface area contributed by atoms with Gasteiger partial charge in [-0.15, -0.1) is 0 Å². The molecule has 0 saturated carbocycles. The molecule has 6 heteroatoms. The number of allylic oxidation sites excluding steroid dienone is 20. The molecule has 0 heterocycles. The fourth-order valence-electron chi connectivity index (χ4n) is 6.33. The average molecular weight is 871 g/mol. The van der Waals surface area contributed by atoms with Crippen molar-refractivity contribution in [3.8, 4) is 0 Å². The van der Waals surface area contributed by atoms with Gasteiger partial charge in [-0.2, -0.15) is 0 Å². The first-order chi connectivity index (χ1) is 31.0. The van der Waals surface area contributed by atoms with Crippen LogP contribution < -0.4 is 0 Å². The van der Waals surface area contributed by atoms with Crippen molar-refractivity contribution in [1.82, 2.24) is 0 Å². The van der Waals surface area contributed by atoms with E-state index >= 15 is 0 Å². The van der Waals surface area contributed by atoms with Gasteiger partial charge < -0.3 is 14.2 Å². The molecule has 0 amide bonds. The van der Waals surface area contributed by atoms with E-state index in [4.69, 9.17) is 14.2 Å². The minimum atomic E-state index is -0.810. The Kier molecular flexibility index (Phi) is 47.1. The van der Waals surface area contributed by atoms with Gasteiger partial charge in [0, 0.05) is 19.3 Å². The smallest absolute Gasteiger partial charge is 0.306 e. The molecule has 0 aromatic rings. The van der Waals surface area contributed by atoms with Gasteiger partial charge in [-0.1, -0.05) is 194 Å². The summed E-state index contributed by atoms with van der Waals surface area (Å²) in [6.45, 7) is 6.20. The molecule has 1 atom stereocenters. The number of rotatable bonds is 43. The quantitative estimate of drug-likeness (QED) is 0.0200. The lowest BCUT2D eigenvalue weighted by atomic mass is 10.1. The highest BCUT2D eigenvalue weighted by atomic mass is 16.6. The highest BCUT2D eigenvalue weighted by Gasteiger charge is 2.19. The molecule has 0 rings (SSSR count). The Morgan fingerprint density at radius 2 is 0.651 bits per heavy atom. The Hall–Kier alpha value is -4.19. The molecule has 0 N–H and O–H groups in total. The summed E-state index contributed by atoms with van der Waals surface area (Å²) in [7, 11) is 0. The zero-order chi connectivity index (χ0) is 45.8. The molecule has 0 aromatic carbocycles. The van der Waals surface area contributed by atoms with Crippen LogP contribution in [-0.2, 0) is 28.6 Å². The summed E-state index contributed by atoms with van der Waals surface area (Å²) in [5.41, 5.74) is 0. The molecule has 0 fully saturated rings. The van der Waals surface area contributed by atoms with Gasteiger partial charge in [0.1, 0.15) is 13.2 Å². The molecule has 0 bridgehead atoms. The number of hydrogen-bond acceptors (Lipinski definition) is 6. The molecule has 6 nitrogen and oxygen atoms in total. The highest BCUT2D eigenvalue weighted by molar-refractivity contribution is 5.71. The fraction of sp³-hybridized carbons (Fsp3) is 0.596. The second-order valence-electron chi connectivity index (χ2n) is 16.0. The number of hydrogen-bond donors (Lipinski definition) is 0. The molecule has 0 aliphatic carbocycles. The predicted molar refractivity (Wildman–Crippen MR) is 269 cm³/mol. The number of carbonyl (C=O) groups is 3. The van der Waals surface area contributed by atoms with E-state index in [2.05, 4.69) is 142 Å². The Labute approximate surface area is 386 Å². The minimum Gasteiger partial charge on any atom is -0.462 e. The molecule has 0 radical (unpaired) electrons. The van der Waals surface area contributed by atoms with E-state index in [1.165, 1.54) is 12.8 Å². The van der Waals surface area contributed by atoms with Crippen molar-refractivity contribution < 1.29 is 28.6 Å². The van der Waals surface area contributed by atoms with Gasteiger partial charge in [0.25, 0.3) is 0 Å². The summed E-state index contributed by atoms with van der Waals surface area (Å²) < 4.78 is 16.7. The first kappa shape index (κ1) is 58.8. The Morgan fingerprint density at radius 3 is 1.08 bits per heavy atom. The Bertz CT molecular complexity index is 1370. The van der Waals surface area contributed by atoms with Crippen LogP contribution in [0.2, 0.25) is 0 Å². The van der Waals surface area contributed by atoms with Crippen molar-refractivity contribution in [3.63, 3.8) is 0 Å². The maximum atomic E-state index is 12.8. The lowest BCUT2D eigenvalue weighted by molar-refractivity contribution is -0.167. The van der Waals surface area contributed by atoms with E-state index in [0.29, 0.717) is 19.3 Å². The molecule has 1 unspecified atom stereocenters. The molecule has 0 spiro atoms. The Balaban J connectivity index is 4.52. The summed E-state index contributed by atoms with van der Waals surface area (Å²) in [6.07, 6.45) is 68.9. The van der Waals surface area contributed by atoms with E-state index in [1.54, 1.807) is 0 Å². The fourth-order valence-corrected chi connectivity index (χ4v) is 6.33. The zero-order valence-electron chi connectivity index (χ0n) is 40.3. The van der Waals surface area contributed by atoms with Gasteiger partial charge >= 0.3 is 17.9 Å². The van der Waals surface area contributed by atoms with Gasteiger partial charge in [-0.25, -0.2) is 0 Å². The SMILES string of the molecule is CC\C=C/C=C\C=C/CCCCCCCC(=O)OCC(COC(=O)CCCCC/C=C\C/C=C\C/C=C\C/C=C\CC)OC(=O)CCCCCCCC/C=C\C/C=C\C/C=C\CC. The monoisotopic (exact) mass is 871 g/mol. The summed E-state index contributed by atoms with van der Waals surface area (Å²) >= 11 is 0. The van der Waals surface area contributed by atoms with Gasteiger partial charge in [-0.05, 0) is 109 Å². The molecule has 0 aliphatic heterocycles. The zero-order valence-corrected chi connectivity index (χ0v) is 40.3. The van der Waals surface area contributed by atoms with E-state index in [1.807, 2.05) is 0 Å². The van der Waals surface area contributed by atoms with Gasteiger partial charge in [-0.3, -0.25) is 14.4 Å². The number of carbonyl (C=O) groups excluding carboxylic acids is 3. The topological polar surface area (TPSA) is 78.9 Å². The van der Waals surface area contributed by atoms with E-state index < -0.39 is 6.10 Å². The van der Waals surface area contributed by atoms with Crippen LogP contribution in [0.4, 0.5) is 0 Å². The minimum absolute atomic E-state index is 0.108. The van der Waals surface area contributed by atoms with Gasteiger partial charge in [0.05, 0.1) is 0 Å².